The lowest BCUT2D eigenvalue weighted by Gasteiger charge is -2.06. The molecule has 0 heterocycles. The molecule has 0 N–H and O–H groups in total. The number of Topliss-reactive ketones (excluding diaryl/α,β-unsaturated/α-hetero) is 1. The van der Waals surface area contributed by atoms with Crippen molar-refractivity contribution in [2.75, 3.05) is 0 Å². The maximum absolute atomic E-state index is 11.6. The molecule has 0 rings (SSSR count). The van der Waals surface area contributed by atoms with Gasteiger partial charge in [-0.1, -0.05) is 13.8 Å². The van der Waals surface area contributed by atoms with Crippen LogP contribution < -0.4 is 0 Å². The molecule has 0 spiro atoms. The second-order valence-corrected chi connectivity index (χ2v) is 3.09. The average Bonchev–Trinajstić information content (AvgIpc) is 1.84. The largest absolute Gasteiger partial charge is 0.389 e. The summed E-state index contributed by atoms with van der Waals surface area (Å²) in [5.41, 5.74) is 0. The highest BCUT2D eigenvalue weighted by Gasteiger charge is 2.26. The molecule has 0 aromatic carbocycles. The van der Waals surface area contributed by atoms with Crippen LogP contribution >= 0.6 is 0 Å². The molecule has 72 valence electrons. The summed E-state index contributed by atoms with van der Waals surface area (Å²) in [6.07, 6.45) is -5.03. The van der Waals surface area contributed by atoms with Crippen LogP contribution in [0.25, 0.3) is 0 Å². The van der Waals surface area contributed by atoms with Gasteiger partial charge in [0.15, 0.2) is 0 Å². The van der Waals surface area contributed by atoms with Crippen LogP contribution in [-0.4, -0.2) is 12.0 Å². The first-order valence-corrected chi connectivity index (χ1v) is 3.92. The number of hydrogen-bond acceptors (Lipinski definition) is 1. The summed E-state index contributed by atoms with van der Waals surface area (Å²) in [6, 6.07) is 0. The van der Waals surface area contributed by atoms with Gasteiger partial charge in [-0.05, 0) is 6.42 Å². The van der Waals surface area contributed by atoms with Gasteiger partial charge in [-0.3, -0.25) is 4.79 Å². The Hall–Kier alpha value is -0.540. The summed E-state index contributed by atoms with van der Waals surface area (Å²) < 4.78 is 34.8. The Bertz CT molecular complexity index is 149. The van der Waals surface area contributed by atoms with E-state index in [1.54, 1.807) is 13.8 Å². The number of hydrogen-bond donors (Lipinski definition) is 0. The second-order valence-electron chi connectivity index (χ2n) is 3.09. The van der Waals surface area contributed by atoms with Gasteiger partial charge in [-0.15, -0.1) is 0 Å². The normalized spacial score (nSPS) is 12.2. The molecule has 0 aromatic rings. The first-order valence-electron chi connectivity index (χ1n) is 3.92. The molecule has 0 aliphatic carbocycles. The Morgan fingerprint density at radius 3 is 2.17 bits per heavy atom. The molecule has 0 atom stereocenters. The topological polar surface area (TPSA) is 17.1 Å². The fourth-order valence-corrected chi connectivity index (χ4v) is 0.752. The predicted molar refractivity (Wildman–Crippen MR) is 39.8 cm³/mol. The lowest BCUT2D eigenvalue weighted by Crippen LogP contribution is -2.11. The van der Waals surface area contributed by atoms with Gasteiger partial charge in [-0.25, -0.2) is 0 Å². The van der Waals surface area contributed by atoms with Crippen LogP contribution in [0, 0.1) is 5.92 Å². The van der Waals surface area contributed by atoms with Crippen LogP contribution in [0.5, 0.6) is 0 Å². The van der Waals surface area contributed by atoms with Crippen LogP contribution in [0.4, 0.5) is 13.2 Å². The van der Waals surface area contributed by atoms with Crippen LogP contribution in [0.1, 0.15) is 33.1 Å². The van der Waals surface area contributed by atoms with Crippen molar-refractivity contribution >= 4 is 5.78 Å². The second kappa shape index (κ2) is 4.48. The highest BCUT2D eigenvalue weighted by atomic mass is 19.4. The number of carbonyl (C=O) groups excluding carboxylic acids is 1. The lowest BCUT2D eigenvalue weighted by atomic mass is 10.0. The molecule has 1 nitrogen and oxygen atoms in total. The quantitative estimate of drug-likeness (QED) is 0.653. The summed E-state index contributed by atoms with van der Waals surface area (Å²) in [7, 11) is 0. The van der Waals surface area contributed by atoms with Crippen LogP contribution in [0.2, 0.25) is 0 Å². The van der Waals surface area contributed by atoms with Crippen molar-refractivity contribution in [1.82, 2.24) is 0 Å². The maximum Gasteiger partial charge on any atom is 0.389 e. The van der Waals surface area contributed by atoms with E-state index in [1.165, 1.54) is 0 Å². The van der Waals surface area contributed by atoms with Gasteiger partial charge in [0.25, 0.3) is 0 Å². The van der Waals surface area contributed by atoms with Crippen molar-refractivity contribution in [1.29, 1.82) is 0 Å². The molecule has 0 amide bonds. The molecule has 0 unspecified atom stereocenters. The van der Waals surface area contributed by atoms with Crippen molar-refractivity contribution in [3.63, 3.8) is 0 Å². The minimum atomic E-state index is -4.13. The number of alkyl halides is 3. The van der Waals surface area contributed by atoms with E-state index in [-0.39, 0.29) is 24.5 Å². The van der Waals surface area contributed by atoms with Gasteiger partial charge in [-0.2, -0.15) is 13.2 Å². The number of rotatable bonds is 4. The third-order valence-corrected chi connectivity index (χ3v) is 1.53. The zero-order valence-electron chi connectivity index (χ0n) is 7.24. The fourth-order valence-electron chi connectivity index (χ4n) is 0.752. The Morgan fingerprint density at radius 1 is 1.33 bits per heavy atom. The third kappa shape index (κ3) is 6.19. The summed E-state index contributed by atoms with van der Waals surface area (Å²) in [5, 5.41) is 0. The van der Waals surface area contributed by atoms with E-state index >= 15 is 0 Å². The summed E-state index contributed by atoms with van der Waals surface area (Å²) in [4.78, 5) is 10.9. The minimum absolute atomic E-state index is 0.0389. The molecule has 0 aliphatic heterocycles. The van der Waals surface area contributed by atoms with E-state index in [0.29, 0.717) is 0 Å². The zero-order chi connectivity index (χ0) is 9.78. The number of carbonyl (C=O) groups is 1. The van der Waals surface area contributed by atoms with Crippen molar-refractivity contribution in [2.24, 2.45) is 5.92 Å². The molecule has 0 aliphatic rings. The number of halogens is 3. The van der Waals surface area contributed by atoms with Crippen molar-refractivity contribution in [3.05, 3.63) is 0 Å². The lowest BCUT2D eigenvalue weighted by molar-refractivity contribution is -0.137. The summed E-state index contributed by atoms with van der Waals surface area (Å²) in [5.74, 6) is -0.252. The highest BCUT2D eigenvalue weighted by Crippen LogP contribution is 2.22. The van der Waals surface area contributed by atoms with Crippen molar-refractivity contribution in [2.45, 2.75) is 39.3 Å². The van der Waals surface area contributed by atoms with Gasteiger partial charge < -0.3 is 0 Å². The summed E-state index contributed by atoms with van der Waals surface area (Å²) >= 11 is 0. The van der Waals surface area contributed by atoms with E-state index in [0.717, 1.165) is 0 Å². The first kappa shape index (κ1) is 11.5. The zero-order valence-corrected chi connectivity index (χ0v) is 7.24. The van der Waals surface area contributed by atoms with E-state index in [1.807, 2.05) is 0 Å². The molecule has 0 fully saturated rings. The molecule has 0 radical (unpaired) electrons. The highest BCUT2D eigenvalue weighted by molar-refractivity contribution is 5.80. The van der Waals surface area contributed by atoms with E-state index in [2.05, 4.69) is 0 Å². The van der Waals surface area contributed by atoms with Gasteiger partial charge in [0.2, 0.25) is 0 Å². The monoisotopic (exact) mass is 182 g/mol. The van der Waals surface area contributed by atoms with Gasteiger partial charge in [0.05, 0.1) is 0 Å². The van der Waals surface area contributed by atoms with E-state index in [4.69, 9.17) is 0 Å². The molecule has 0 aromatic heterocycles. The van der Waals surface area contributed by atoms with E-state index in [9.17, 15) is 18.0 Å². The Balaban J connectivity index is 3.51. The van der Waals surface area contributed by atoms with Crippen molar-refractivity contribution < 1.29 is 18.0 Å². The fraction of sp³-hybridized carbons (Fsp3) is 0.875. The van der Waals surface area contributed by atoms with Crippen molar-refractivity contribution in [3.8, 4) is 0 Å². The SMILES string of the molecule is CC(C)C(=O)CCCC(F)(F)F. The van der Waals surface area contributed by atoms with E-state index < -0.39 is 12.6 Å². The molecule has 0 bridgehead atoms. The molecular weight excluding hydrogens is 169 g/mol. The molecular formula is C8H13F3O. The van der Waals surface area contributed by atoms with Gasteiger partial charge >= 0.3 is 6.18 Å². The molecule has 12 heavy (non-hydrogen) atoms. The van der Waals surface area contributed by atoms with Crippen LogP contribution in [-0.2, 0) is 4.79 Å². The standard InChI is InChI=1S/C8H13F3O/c1-6(2)7(12)4-3-5-8(9,10)11/h6H,3-5H2,1-2H3. The van der Waals surface area contributed by atoms with Gasteiger partial charge in [0, 0.05) is 18.8 Å². The molecule has 4 heteroatoms. The maximum atomic E-state index is 11.6. The average molecular weight is 182 g/mol. The first-order chi connectivity index (χ1) is 5.33. The van der Waals surface area contributed by atoms with Crippen LogP contribution in [0.15, 0.2) is 0 Å². The smallest absolute Gasteiger partial charge is 0.299 e. The third-order valence-electron chi connectivity index (χ3n) is 1.53. The predicted octanol–water partition coefficient (Wildman–Crippen LogP) is 2.94. The number of ketones is 1. The Kier molecular flexibility index (Phi) is 4.28. The van der Waals surface area contributed by atoms with Crippen LogP contribution in [0.3, 0.4) is 0 Å². The minimum Gasteiger partial charge on any atom is -0.299 e. The Labute approximate surface area is 70.0 Å². The summed E-state index contributed by atoms with van der Waals surface area (Å²) in [6.45, 7) is 3.38. The van der Waals surface area contributed by atoms with Gasteiger partial charge in [0.1, 0.15) is 5.78 Å². The molecule has 0 saturated carbocycles. The molecule has 0 saturated heterocycles. The Morgan fingerprint density at radius 2 is 1.83 bits per heavy atom.